The zero-order valence-corrected chi connectivity index (χ0v) is 19.7. The Morgan fingerprint density at radius 1 is 0.886 bits per heavy atom. The van der Waals surface area contributed by atoms with E-state index in [1.54, 1.807) is 24.3 Å². The van der Waals surface area contributed by atoms with Gasteiger partial charge >= 0.3 is 11.8 Å². The first-order valence-corrected chi connectivity index (χ1v) is 11.2. The Balaban J connectivity index is 1.48. The minimum atomic E-state index is -0.889. The number of hydrazone groups is 1. The zero-order chi connectivity index (χ0) is 25.0. The SMILES string of the molecule is CCc1ccc(NC(=O)COc2ccccc2/C=N\NC(=O)C(=O)NCc2ccc(C)cc2)cc1. The molecule has 0 saturated carbocycles. The second kappa shape index (κ2) is 12.7. The summed E-state index contributed by atoms with van der Waals surface area (Å²) in [5, 5.41) is 9.16. The van der Waals surface area contributed by atoms with E-state index in [0.717, 1.165) is 17.5 Å². The molecule has 0 aliphatic heterocycles. The van der Waals surface area contributed by atoms with Gasteiger partial charge in [0.15, 0.2) is 6.61 Å². The number of para-hydroxylation sites is 1. The average molecular weight is 473 g/mol. The highest BCUT2D eigenvalue weighted by molar-refractivity contribution is 6.35. The Labute approximate surface area is 204 Å². The summed E-state index contributed by atoms with van der Waals surface area (Å²) in [5.74, 6) is -1.58. The van der Waals surface area contributed by atoms with Crippen LogP contribution in [0.2, 0.25) is 0 Å². The maximum atomic E-state index is 12.2. The van der Waals surface area contributed by atoms with Crippen LogP contribution >= 0.6 is 0 Å². The van der Waals surface area contributed by atoms with Crippen LogP contribution in [-0.4, -0.2) is 30.5 Å². The van der Waals surface area contributed by atoms with Gasteiger partial charge in [-0.2, -0.15) is 5.10 Å². The van der Waals surface area contributed by atoms with Crippen molar-refractivity contribution >= 4 is 29.6 Å². The summed E-state index contributed by atoms with van der Waals surface area (Å²) in [6.45, 7) is 4.07. The van der Waals surface area contributed by atoms with Crippen molar-refractivity contribution in [2.45, 2.75) is 26.8 Å². The summed E-state index contributed by atoms with van der Waals surface area (Å²) in [4.78, 5) is 36.2. The van der Waals surface area contributed by atoms with Crippen molar-refractivity contribution in [2.24, 2.45) is 5.10 Å². The van der Waals surface area contributed by atoms with Crippen molar-refractivity contribution in [3.05, 3.63) is 95.1 Å². The normalized spacial score (nSPS) is 10.6. The molecule has 3 N–H and O–H groups in total. The monoisotopic (exact) mass is 472 g/mol. The van der Waals surface area contributed by atoms with Crippen LogP contribution in [0.1, 0.15) is 29.2 Å². The molecular formula is C27H28N4O4. The van der Waals surface area contributed by atoms with E-state index in [-0.39, 0.29) is 19.1 Å². The van der Waals surface area contributed by atoms with Gasteiger partial charge < -0.3 is 15.4 Å². The standard InChI is InChI=1S/C27H28N4O4/c1-3-20-12-14-23(15-13-20)30-25(32)18-35-24-7-5-4-6-22(24)17-29-31-27(34)26(33)28-16-21-10-8-19(2)9-11-21/h4-15,17H,3,16,18H2,1-2H3,(H,28,33)(H,30,32)(H,31,34)/b29-17-. The number of aryl methyl sites for hydroxylation is 2. The highest BCUT2D eigenvalue weighted by atomic mass is 16.5. The van der Waals surface area contributed by atoms with Crippen molar-refractivity contribution in [1.29, 1.82) is 0 Å². The second-order valence-corrected chi connectivity index (χ2v) is 7.79. The van der Waals surface area contributed by atoms with Crippen molar-refractivity contribution in [3.63, 3.8) is 0 Å². The maximum Gasteiger partial charge on any atom is 0.329 e. The van der Waals surface area contributed by atoms with Gasteiger partial charge in [-0.25, -0.2) is 5.43 Å². The molecule has 180 valence electrons. The molecule has 3 amide bonds. The van der Waals surface area contributed by atoms with Gasteiger partial charge in [0.25, 0.3) is 5.91 Å². The molecule has 3 aromatic rings. The van der Waals surface area contributed by atoms with Crippen molar-refractivity contribution in [3.8, 4) is 5.75 Å². The fourth-order valence-corrected chi connectivity index (χ4v) is 3.06. The number of amides is 3. The fourth-order valence-electron chi connectivity index (χ4n) is 3.06. The van der Waals surface area contributed by atoms with E-state index in [1.807, 2.05) is 55.5 Å². The predicted octanol–water partition coefficient (Wildman–Crippen LogP) is 3.34. The molecule has 0 aliphatic rings. The molecule has 0 unspecified atom stereocenters. The van der Waals surface area contributed by atoms with E-state index >= 15 is 0 Å². The lowest BCUT2D eigenvalue weighted by atomic mass is 10.1. The topological polar surface area (TPSA) is 109 Å². The third kappa shape index (κ3) is 8.12. The van der Waals surface area contributed by atoms with Gasteiger partial charge in [-0.3, -0.25) is 14.4 Å². The van der Waals surface area contributed by atoms with Crippen LogP contribution in [0.4, 0.5) is 5.69 Å². The van der Waals surface area contributed by atoms with E-state index in [1.165, 1.54) is 11.8 Å². The summed E-state index contributed by atoms with van der Waals surface area (Å²) in [7, 11) is 0. The fraction of sp³-hybridized carbons (Fsp3) is 0.185. The Hall–Kier alpha value is -4.46. The number of nitrogens with zero attached hydrogens (tertiary/aromatic N) is 1. The Kier molecular flexibility index (Phi) is 9.13. The van der Waals surface area contributed by atoms with E-state index in [4.69, 9.17) is 4.74 Å². The van der Waals surface area contributed by atoms with E-state index in [0.29, 0.717) is 17.0 Å². The first kappa shape index (κ1) is 25.2. The lowest BCUT2D eigenvalue weighted by Crippen LogP contribution is -2.37. The van der Waals surface area contributed by atoms with Gasteiger partial charge in [0, 0.05) is 17.8 Å². The number of rotatable bonds is 9. The molecule has 0 radical (unpaired) electrons. The molecule has 0 aromatic heterocycles. The summed E-state index contributed by atoms with van der Waals surface area (Å²) in [6.07, 6.45) is 2.27. The lowest BCUT2D eigenvalue weighted by Gasteiger charge is -2.10. The third-order valence-corrected chi connectivity index (χ3v) is 5.07. The average Bonchev–Trinajstić information content (AvgIpc) is 2.88. The first-order valence-electron chi connectivity index (χ1n) is 11.2. The summed E-state index contributed by atoms with van der Waals surface area (Å²) in [5.41, 5.74) is 6.59. The number of hydrogen-bond acceptors (Lipinski definition) is 5. The number of nitrogens with one attached hydrogen (secondary N) is 3. The van der Waals surface area contributed by atoms with Gasteiger partial charge in [-0.15, -0.1) is 0 Å². The summed E-state index contributed by atoms with van der Waals surface area (Å²) in [6, 6.07) is 22.1. The van der Waals surface area contributed by atoms with Gasteiger partial charge in [-0.05, 0) is 48.7 Å². The molecule has 0 spiro atoms. The minimum absolute atomic E-state index is 0.200. The number of benzene rings is 3. The number of anilines is 1. The van der Waals surface area contributed by atoms with E-state index in [9.17, 15) is 14.4 Å². The molecule has 0 atom stereocenters. The number of ether oxygens (including phenoxy) is 1. The predicted molar refractivity (Wildman–Crippen MR) is 135 cm³/mol. The zero-order valence-electron chi connectivity index (χ0n) is 19.7. The van der Waals surface area contributed by atoms with Crippen LogP contribution in [-0.2, 0) is 27.3 Å². The van der Waals surface area contributed by atoms with Gasteiger partial charge in [-0.1, -0.05) is 61.0 Å². The maximum absolute atomic E-state index is 12.2. The number of carbonyl (C=O) groups excluding carboxylic acids is 3. The van der Waals surface area contributed by atoms with Crippen LogP contribution < -0.4 is 20.8 Å². The smallest absolute Gasteiger partial charge is 0.329 e. The quantitative estimate of drug-likeness (QED) is 0.252. The Bertz CT molecular complexity index is 1190. The number of carbonyl (C=O) groups is 3. The van der Waals surface area contributed by atoms with Crippen molar-refractivity contribution < 1.29 is 19.1 Å². The largest absolute Gasteiger partial charge is 0.483 e. The number of hydrogen-bond donors (Lipinski definition) is 3. The van der Waals surface area contributed by atoms with Crippen LogP contribution in [0.15, 0.2) is 77.9 Å². The molecule has 0 saturated heterocycles. The van der Waals surface area contributed by atoms with Gasteiger partial charge in [0.05, 0.1) is 6.21 Å². The minimum Gasteiger partial charge on any atom is -0.483 e. The van der Waals surface area contributed by atoms with Gasteiger partial charge in [0.1, 0.15) is 5.75 Å². The van der Waals surface area contributed by atoms with Crippen molar-refractivity contribution in [1.82, 2.24) is 10.7 Å². The van der Waals surface area contributed by atoms with E-state index in [2.05, 4.69) is 28.1 Å². The first-order chi connectivity index (χ1) is 16.9. The van der Waals surface area contributed by atoms with Gasteiger partial charge in [0.2, 0.25) is 0 Å². The highest BCUT2D eigenvalue weighted by Crippen LogP contribution is 2.16. The second-order valence-electron chi connectivity index (χ2n) is 7.79. The van der Waals surface area contributed by atoms with Crippen LogP contribution in [0.3, 0.4) is 0 Å². The third-order valence-electron chi connectivity index (χ3n) is 5.07. The van der Waals surface area contributed by atoms with E-state index < -0.39 is 11.8 Å². The molecule has 3 aromatic carbocycles. The molecule has 3 rings (SSSR count). The van der Waals surface area contributed by atoms with Crippen molar-refractivity contribution in [2.75, 3.05) is 11.9 Å². The van der Waals surface area contributed by atoms with Crippen LogP contribution in [0.5, 0.6) is 5.75 Å². The molecule has 8 nitrogen and oxygen atoms in total. The molecule has 0 aliphatic carbocycles. The molecule has 35 heavy (non-hydrogen) atoms. The molecular weight excluding hydrogens is 444 g/mol. The van der Waals surface area contributed by atoms with Crippen LogP contribution in [0, 0.1) is 6.92 Å². The lowest BCUT2D eigenvalue weighted by molar-refractivity contribution is -0.139. The molecule has 8 heteroatoms. The Morgan fingerprint density at radius 3 is 2.29 bits per heavy atom. The Morgan fingerprint density at radius 2 is 1.57 bits per heavy atom. The summed E-state index contributed by atoms with van der Waals surface area (Å²) >= 11 is 0. The van der Waals surface area contributed by atoms with Crippen LogP contribution in [0.25, 0.3) is 0 Å². The summed E-state index contributed by atoms with van der Waals surface area (Å²) < 4.78 is 5.62. The highest BCUT2D eigenvalue weighted by Gasteiger charge is 2.12. The molecule has 0 bridgehead atoms. The molecule has 0 heterocycles. The molecule has 0 fully saturated rings.